The molecular formula is C28H58N2+2. The molecule has 3 heterocycles. The second-order valence-electron chi connectivity index (χ2n) is 11.1. The zero-order valence-electron chi connectivity index (χ0n) is 21.3. The van der Waals surface area contributed by atoms with Crippen molar-refractivity contribution in [3.8, 4) is 0 Å². The van der Waals surface area contributed by atoms with Crippen molar-refractivity contribution in [3.63, 3.8) is 0 Å². The minimum atomic E-state index is 1.37. The lowest BCUT2D eigenvalue weighted by atomic mass is 10.0. The Balaban J connectivity index is 1.45. The molecule has 3 fully saturated rings. The van der Waals surface area contributed by atoms with Gasteiger partial charge in [0, 0.05) is 0 Å². The maximum atomic E-state index is 2.32. The molecule has 2 heteroatoms. The number of hydrogen-bond donors (Lipinski definition) is 0. The van der Waals surface area contributed by atoms with Crippen LogP contribution in [-0.2, 0) is 0 Å². The Hall–Kier alpha value is -0.0800. The summed E-state index contributed by atoms with van der Waals surface area (Å²) < 4.78 is 2.99. The number of piperazine rings is 3. The molecule has 0 aromatic rings. The average Bonchev–Trinajstić information content (AvgIpc) is 2.78. The lowest BCUT2D eigenvalue weighted by Crippen LogP contribution is -2.75. The van der Waals surface area contributed by atoms with Crippen molar-refractivity contribution in [2.24, 2.45) is 0 Å². The van der Waals surface area contributed by atoms with E-state index in [4.69, 9.17) is 0 Å². The summed E-state index contributed by atoms with van der Waals surface area (Å²) in [7, 11) is 0. The van der Waals surface area contributed by atoms with Crippen molar-refractivity contribution in [1.29, 1.82) is 0 Å². The van der Waals surface area contributed by atoms with E-state index in [-0.39, 0.29) is 0 Å². The van der Waals surface area contributed by atoms with Gasteiger partial charge in [0.1, 0.15) is 39.3 Å². The molecule has 178 valence electrons. The lowest BCUT2D eigenvalue weighted by molar-refractivity contribution is -1.08. The molecule has 2 nitrogen and oxygen atoms in total. The molecule has 0 aliphatic carbocycles. The Bertz CT molecular complexity index is 381. The third-order valence-electron chi connectivity index (χ3n) is 8.62. The molecule has 0 atom stereocenters. The quantitative estimate of drug-likeness (QED) is 0.139. The minimum Gasteiger partial charge on any atom is -0.310 e. The van der Waals surface area contributed by atoms with Crippen LogP contribution in [0.1, 0.15) is 129 Å². The molecule has 0 N–H and O–H groups in total. The van der Waals surface area contributed by atoms with Gasteiger partial charge in [-0.2, -0.15) is 0 Å². The van der Waals surface area contributed by atoms with Gasteiger partial charge in [0.25, 0.3) is 0 Å². The molecule has 0 saturated carbocycles. The van der Waals surface area contributed by atoms with Gasteiger partial charge in [0.05, 0.1) is 13.1 Å². The summed E-state index contributed by atoms with van der Waals surface area (Å²) >= 11 is 0. The molecule has 0 aromatic heterocycles. The van der Waals surface area contributed by atoms with Gasteiger partial charge in [-0.1, -0.05) is 104 Å². The van der Waals surface area contributed by atoms with Gasteiger partial charge in [-0.3, -0.25) is 0 Å². The highest BCUT2D eigenvalue weighted by molar-refractivity contribution is 4.63. The number of unbranched alkanes of at least 4 members (excludes halogenated alkanes) is 16. The largest absolute Gasteiger partial charge is 0.310 e. The topological polar surface area (TPSA) is 0 Å². The van der Waals surface area contributed by atoms with Gasteiger partial charge in [-0.25, -0.2) is 0 Å². The second kappa shape index (κ2) is 15.7. The highest BCUT2D eigenvalue weighted by atomic mass is 15.5. The van der Waals surface area contributed by atoms with Crippen molar-refractivity contribution < 1.29 is 8.97 Å². The Morgan fingerprint density at radius 1 is 0.333 bits per heavy atom. The first-order valence-corrected chi connectivity index (χ1v) is 14.4. The molecule has 3 aliphatic rings. The van der Waals surface area contributed by atoms with E-state index < -0.39 is 0 Å². The summed E-state index contributed by atoms with van der Waals surface area (Å²) in [5.74, 6) is 0. The molecule has 3 saturated heterocycles. The summed E-state index contributed by atoms with van der Waals surface area (Å²) in [6.07, 6.45) is 26.4. The van der Waals surface area contributed by atoms with Crippen LogP contribution in [-0.4, -0.2) is 61.3 Å². The first-order valence-electron chi connectivity index (χ1n) is 14.4. The highest BCUT2D eigenvalue weighted by Crippen LogP contribution is 2.28. The molecule has 0 aromatic carbocycles. The summed E-state index contributed by atoms with van der Waals surface area (Å²) in [6.45, 7) is 16.6. The smallest absolute Gasteiger partial charge is 0.129 e. The summed E-state index contributed by atoms with van der Waals surface area (Å²) in [4.78, 5) is 0. The summed E-state index contributed by atoms with van der Waals surface area (Å²) in [6, 6.07) is 0. The fourth-order valence-electron chi connectivity index (χ4n) is 6.13. The number of nitrogens with zero attached hydrogens (tertiary/aromatic N) is 2. The lowest BCUT2D eigenvalue weighted by Gasteiger charge is -2.55. The van der Waals surface area contributed by atoms with Crippen LogP contribution in [0.15, 0.2) is 0 Å². The van der Waals surface area contributed by atoms with Crippen molar-refractivity contribution in [1.82, 2.24) is 0 Å². The van der Waals surface area contributed by atoms with Crippen LogP contribution < -0.4 is 0 Å². The maximum absolute atomic E-state index is 2.32. The number of fused-ring (bicyclic) bond motifs is 3. The van der Waals surface area contributed by atoms with E-state index in [1.54, 1.807) is 0 Å². The van der Waals surface area contributed by atoms with E-state index in [1.807, 2.05) is 0 Å². The van der Waals surface area contributed by atoms with Crippen LogP contribution in [0.3, 0.4) is 0 Å². The fourth-order valence-corrected chi connectivity index (χ4v) is 6.13. The Morgan fingerprint density at radius 2 is 0.567 bits per heavy atom. The Labute approximate surface area is 191 Å². The molecular weight excluding hydrogens is 364 g/mol. The Kier molecular flexibility index (Phi) is 13.7. The Morgan fingerprint density at radius 3 is 0.833 bits per heavy atom. The number of quaternary nitrogens is 2. The molecule has 3 aliphatic heterocycles. The van der Waals surface area contributed by atoms with Crippen LogP contribution in [0, 0.1) is 0 Å². The second-order valence-corrected chi connectivity index (χ2v) is 11.1. The number of hydrogen-bond acceptors (Lipinski definition) is 0. The molecule has 0 unspecified atom stereocenters. The zero-order valence-corrected chi connectivity index (χ0v) is 21.3. The average molecular weight is 423 g/mol. The van der Waals surface area contributed by atoms with E-state index in [0.29, 0.717) is 0 Å². The first-order chi connectivity index (χ1) is 14.7. The highest BCUT2D eigenvalue weighted by Gasteiger charge is 2.47. The van der Waals surface area contributed by atoms with Gasteiger partial charge in [0.2, 0.25) is 0 Å². The van der Waals surface area contributed by atoms with Crippen LogP contribution in [0.5, 0.6) is 0 Å². The van der Waals surface area contributed by atoms with Gasteiger partial charge in [-0.15, -0.1) is 0 Å². The third kappa shape index (κ3) is 10.0. The monoisotopic (exact) mass is 422 g/mol. The van der Waals surface area contributed by atoms with Gasteiger partial charge in [-0.05, 0) is 25.7 Å². The predicted molar refractivity (Wildman–Crippen MR) is 134 cm³/mol. The van der Waals surface area contributed by atoms with E-state index in [0.717, 1.165) is 0 Å². The maximum Gasteiger partial charge on any atom is 0.129 e. The normalized spacial score (nSPS) is 25.8. The summed E-state index contributed by atoms with van der Waals surface area (Å²) in [5.41, 5.74) is 0. The third-order valence-corrected chi connectivity index (χ3v) is 8.62. The molecule has 0 amide bonds. The van der Waals surface area contributed by atoms with Crippen LogP contribution in [0.2, 0.25) is 0 Å². The minimum absolute atomic E-state index is 1.37. The molecule has 2 bridgehead atoms. The molecule has 30 heavy (non-hydrogen) atoms. The first kappa shape index (κ1) is 26.2. The molecule has 0 radical (unpaired) electrons. The molecule has 0 spiro atoms. The van der Waals surface area contributed by atoms with E-state index in [2.05, 4.69) is 13.8 Å². The van der Waals surface area contributed by atoms with Crippen molar-refractivity contribution in [2.45, 2.75) is 129 Å². The van der Waals surface area contributed by atoms with Gasteiger partial charge < -0.3 is 8.97 Å². The SMILES string of the molecule is CCCCCCCCCCCC[N+]12CC[N+](CCCCCCCCCC)(CC1)CC2. The van der Waals surface area contributed by atoms with E-state index >= 15 is 0 Å². The van der Waals surface area contributed by atoms with Crippen LogP contribution in [0.4, 0.5) is 0 Å². The summed E-state index contributed by atoms with van der Waals surface area (Å²) in [5, 5.41) is 0. The van der Waals surface area contributed by atoms with E-state index in [1.165, 1.54) is 177 Å². The van der Waals surface area contributed by atoms with Gasteiger partial charge >= 0.3 is 0 Å². The van der Waals surface area contributed by atoms with Crippen molar-refractivity contribution in [2.75, 3.05) is 52.4 Å². The number of rotatable bonds is 20. The van der Waals surface area contributed by atoms with E-state index in [9.17, 15) is 0 Å². The molecule has 3 rings (SSSR count). The van der Waals surface area contributed by atoms with Crippen molar-refractivity contribution >= 4 is 0 Å². The van der Waals surface area contributed by atoms with Gasteiger partial charge in [0.15, 0.2) is 0 Å². The van der Waals surface area contributed by atoms with Crippen molar-refractivity contribution in [3.05, 3.63) is 0 Å². The predicted octanol–water partition coefficient (Wildman–Crippen LogP) is 7.71. The standard InChI is InChI=1S/C28H58N2/c1-3-5-7-9-11-13-14-16-18-20-22-30-26-23-29(24-27-30,25-28-30)21-19-17-15-12-10-8-6-4-2/h3-28H2,1-2H3/q+2. The van der Waals surface area contributed by atoms with Crippen LogP contribution >= 0.6 is 0 Å². The van der Waals surface area contributed by atoms with Crippen LogP contribution in [0.25, 0.3) is 0 Å². The fraction of sp³-hybridized carbons (Fsp3) is 1.00. The zero-order chi connectivity index (χ0) is 21.4.